The van der Waals surface area contributed by atoms with Gasteiger partial charge in [-0.15, -0.1) is 0 Å². The number of nitrogens with one attached hydrogen (secondary N) is 3. The van der Waals surface area contributed by atoms with Gasteiger partial charge in [0.1, 0.15) is 5.82 Å². The van der Waals surface area contributed by atoms with Crippen molar-refractivity contribution in [3.63, 3.8) is 0 Å². The Morgan fingerprint density at radius 2 is 1.67 bits per heavy atom. The van der Waals surface area contributed by atoms with E-state index in [4.69, 9.17) is 21.6 Å². The number of aryl methyl sites for hydroxylation is 3. The van der Waals surface area contributed by atoms with Crippen LogP contribution >= 0.6 is 0 Å². The lowest BCUT2D eigenvalue weighted by molar-refractivity contribution is -0.130. The molecule has 4 amide bonds. The molecule has 0 saturated carbocycles. The van der Waals surface area contributed by atoms with Gasteiger partial charge in [-0.1, -0.05) is 0 Å². The quantitative estimate of drug-likeness (QED) is 0.135. The second-order valence-electron chi connectivity index (χ2n) is 11.3. The van der Waals surface area contributed by atoms with Crippen molar-refractivity contribution in [2.45, 2.75) is 46.2 Å². The second-order valence-corrected chi connectivity index (χ2v) is 11.3. The smallest absolute Gasteiger partial charge is 0.409 e. The Labute approximate surface area is 264 Å². The van der Waals surface area contributed by atoms with Gasteiger partial charge in [0.05, 0.1) is 34.6 Å². The number of piperidine rings is 1. The number of nitrogens with two attached hydrogens (primary N) is 2. The van der Waals surface area contributed by atoms with Crippen molar-refractivity contribution >= 4 is 58.0 Å². The molecule has 0 atom stereocenters. The van der Waals surface area contributed by atoms with Crippen molar-refractivity contribution in [2.24, 2.45) is 17.4 Å². The molecule has 0 radical (unpaired) electrons. The largest absolute Gasteiger partial charge is 0.465 e. The van der Waals surface area contributed by atoms with E-state index < -0.39 is 17.9 Å². The maximum absolute atomic E-state index is 13.0. The van der Waals surface area contributed by atoms with Crippen LogP contribution in [0.1, 0.15) is 52.6 Å². The number of hydrogen-bond donors (Lipinski definition) is 6. The van der Waals surface area contributed by atoms with E-state index in [0.717, 1.165) is 36.3 Å². The molecule has 5 rings (SSSR count). The van der Waals surface area contributed by atoms with Gasteiger partial charge in [-0.2, -0.15) is 5.10 Å². The minimum absolute atomic E-state index is 0.0357. The Bertz CT molecular complexity index is 1790. The number of carbonyl (C=O) groups excluding carboxylic acids is 3. The van der Waals surface area contributed by atoms with E-state index in [1.807, 2.05) is 30.7 Å². The van der Waals surface area contributed by atoms with Crippen LogP contribution in [0.25, 0.3) is 11.0 Å². The van der Waals surface area contributed by atoms with Crippen LogP contribution in [0.4, 0.5) is 27.9 Å². The van der Waals surface area contributed by atoms with E-state index in [1.54, 1.807) is 17.0 Å². The number of nitrogens with zero attached hydrogens (tertiary/aromatic N) is 5. The Kier molecular flexibility index (Phi) is 9.39. The van der Waals surface area contributed by atoms with Crippen LogP contribution in [0.3, 0.4) is 0 Å². The number of carboxylic acid groups (broad SMARTS) is 1. The summed E-state index contributed by atoms with van der Waals surface area (Å²) in [7, 11) is 0. The van der Waals surface area contributed by atoms with Crippen LogP contribution in [0.2, 0.25) is 0 Å². The van der Waals surface area contributed by atoms with Gasteiger partial charge in [-0.25, -0.2) is 14.5 Å². The Morgan fingerprint density at radius 1 is 0.978 bits per heavy atom. The Balaban J connectivity index is 1.22. The van der Waals surface area contributed by atoms with Crippen LogP contribution in [0.15, 0.2) is 42.5 Å². The van der Waals surface area contributed by atoms with Gasteiger partial charge >= 0.3 is 6.09 Å². The van der Waals surface area contributed by atoms with Crippen molar-refractivity contribution in [1.82, 2.24) is 24.2 Å². The molecule has 0 bridgehead atoms. The molecule has 2 aromatic carbocycles. The zero-order chi connectivity index (χ0) is 33.0. The van der Waals surface area contributed by atoms with Crippen LogP contribution in [-0.4, -0.2) is 72.8 Å². The van der Waals surface area contributed by atoms with E-state index >= 15 is 0 Å². The van der Waals surface area contributed by atoms with Gasteiger partial charge in [-0.05, 0) is 75.4 Å². The lowest BCUT2D eigenvalue weighted by Gasteiger charge is -2.32. The average Bonchev–Trinajstić information content (AvgIpc) is 3.56. The zero-order valence-corrected chi connectivity index (χ0v) is 25.7. The van der Waals surface area contributed by atoms with Gasteiger partial charge in [0, 0.05) is 43.4 Å². The van der Waals surface area contributed by atoms with E-state index in [0.29, 0.717) is 54.8 Å². The predicted molar refractivity (Wildman–Crippen MR) is 173 cm³/mol. The SMILES string of the molecule is CCn1nc(C)cc1Nc1nc2cc(C(N)=O)ccc2n1CCC1CCN(C(=O)CNc2ccc(C(N)=O)cc2NC(=O)O)CC1. The fourth-order valence-corrected chi connectivity index (χ4v) is 5.74. The van der Waals surface area contributed by atoms with E-state index in [9.17, 15) is 19.2 Å². The molecule has 2 aromatic heterocycles. The molecule has 1 saturated heterocycles. The van der Waals surface area contributed by atoms with E-state index in [1.165, 1.54) is 18.2 Å². The van der Waals surface area contributed by atoms with Crippen molar-refractivity contribution in [3.8, 4) is 0 Å². The number of benzene rings is 2. The first-order valence-corrected chi connectivity index (χ1v) is 15.1. The first kappa shape index (κ1) is 31.8. The number of carbonyl (C=O) groups is 4. The molecule has 1 aliphatic heterocycles. The molecule has 0 spiro atoms. The number of rotatable bonds is 12. The number of aromatic nitrogens is 4. The highest BCUT2D eigenvalue weighted by Crippen LogP contribution is 2.28. The predicted octanol–water partition coefficient (Wildman–Crippen LogP) is 3.33. The molecule has 8 N–H and O–H groups in total. The fourth-order valence-electron chi connectivity index (χ4n) is 5.74. The van der Waals surface area contributed by atoms with Crippen molar-refractivity contribution in [1.29, 1.82) is 0 Å². The summed E-state index contributed by atoms with van der Waals surface area (Å²) in [6.45, 7) is 6.47. The van der Waals surface area contributed by atoms with Crippen LogP contribution in [0.5, 0.6) is 0 Å². The summed E-state index contributed by atoms with van der Waals surface area (Å²) >= 11 is 0. The molecule has 15 heteroatoms. The summed E-state index contributed by atoms with van der Waals surface area (Å²) in [5.74, 6) is 0.527. The summed E-state index contributed by atoms with van der Waals surface area (Å²) in [5.41, 5.74) is 14.3. The number of hydrogen-bond acceptors (Lipinski definition) is 8. The number of likely N-dealkylation sites (tertiary alicyclic amines) is 1. The number of fused-ring (bicyclic) bond motifs is 1. The fraction of sp³-hybridized carbons (Fsp3) is 0.355. The minimum Gasteiger partial charge on any atom is -0.465 e. The number of imidazole rings is 1. The molecule has 1 fully saturated rings. The highest BCUT2D eigenvalue weighted by Gasteiger charge is 2.24. The number of primary amides is 2. The summed E-state index contributed by atoms with van der Waals surface area (Å²) in [6, 6.07) is 11.5. The van der Waals surface area contributed by atoms with Crippen LogP contribution in [-0.2, 0) is 17.9 Å². The number of amides is 4. The average molecular weight is 631 g/mol. The molecule has 3 heterocycles. The molecular formula is C31H38N10O5. The highest BCUT2D eigenvalue weighted by atomic mass is 16.4. The molecule has 15 nitrogen and oxygen atoms in total. The van der Waals surface area contributed by atoms with E-state index in [-0.39, 0.29) is 23.7 Å². The first-order valence-electron chi connectivity index (χ1n) is 15.1. The van der Waals surface area contributed by atoms with Gasteiger partial charge in [0.25, 0.3) is 0 Å². The Hall–Kier alpha value is -5.60. The van der Waals surface area contributed by atoms with Crippen LogP contribution < -0.4 is 27.4 Å². The molecular weight excluding hydrogens is 592 g/mol. The molecule has 242 valence electrons. The third-order valence-electron chi connectivity index (χ3n) is 8.18. The van der Waals surface area contributed by atoms with E-state index in [2.05, 4.69) is 25.6 Å². The number of anilines is 4. The van der Waals surface area contributed by atoms with Gasteiger partial charge in [0.2, 0.25) is 23.7 Å². The summed E-state index contributed by atoms with van der Waals surface area (Å²) in [4.78, 5) is 54.2. The van der Waals surface area contributed by atoms with Gasteiger partial charge < -0.3 is 36.7 Å². The third-order valence-corrected chi connectivity index (χ3v) is 8.18. The molecule has 0 aliphatic carbocycles. The highest BCUT2D eigenvalue weighted by molar-refractivity contribution is 5.98. The zero-order valence-electron chi connectivity index (χ0n) is 25.7. The molecule has 0 unspecified atom stereocenters. The normalized spacial score (nSPS) is 13.5. The lowest BCUT2D eigenvalue weighted by atomic mass is 9.93. The maximum atomic E-state index is 13.0. The summed E-state index contributed by atoms with van der Waals surface area (Å²) in [5, 5.41) is 22.3. The molecule has 46 heavy (non-hydrogen) atoms. The lowest BCUT2D eigenvalue weighted by Crippen LogP contribution is -2.41. The summed E-state index contributed by atoms with van der Waals surface area (Å²) < 4.78 is 3.98. The first-order chi connectivity index (χ1) is 22.0. The third kappa shape index (κ3) is 7.20. The minimum atomic E-state index is -1.30. The van der Waals surface area contributed by atoms with Crippen molar-refractivity contribution < 1.29 is 24.3 Å². The van der Waals surface area contributed by atoms with Gasteiger partial charge in [0.15, 0.2) is 0 Å². The van der Waals surface area contributed by atoms with Crippen molar-refractivity contribution in [3.05, 3.63) is 59.3 Å². The summed E-state index contributed by atoms with van der Waals surface area (Å²) in [6.07, 6.45) is 1.21. The van der Waals surface area contributed by atoms with Crippen LogP contribution in [0, 0.1) is 12.8 Å². The molecule has 1 aliphatic rings. The molecule has 4 aromatic rings. The maximum Gasteiger partial charge on any atom is 0.409 e. The topological polar surface area (TPSA) is 216 Å². The monoisotopic (exact) mass is 630 g/mol. The standard InChI is InChI=1S/C31H38N10O5/c1-3-41-26(14-18(2)38-41)37-30-35-24-16-21(29(33)44)5-7-25(24)40(30)13-10-19-8-11-39(12-9-19)27(42)17-34-22-6-4-20(28(32)43)15-23(22)36-31(45)46/h4-7,14-16,19,34,36H,3,8-13,17H2,1-2H3,(H2,32,43)(H2,33,44)(H,35,37)(H,45,46). The Morgan fingerprint density at radius 3 is 2.35 bits per heavy atom. The second kappa shape index (κ2) is 13.6. The van der Waals surface area contributed by atoms with Crippen molar-refractivity contribution in [2.75, 3.05) is 35.6 Å². The van der Waals surface area contributed by atoms with Gasteiger partial charge in [-0.3, -0.25) is 19.7 Å².